The standard InChI is InChI=1S/C10H13NO4/c1-7(12)15-6-8-4-9(13-2)10(14-3)5-11-8/h4-5H,6H2,1-3H3. The van der Waals surface area contributed by atoms with Gasteiger partial charge in [-0.1, -0.05) is 0 Å². The van der Waals surface area contributed by atoms with Gasteiger partial charge in [0, 0.05) is 13.0 Å². The maximum atomic E-state index is 10.6. The Morgan fingerprint density at radius 2 is 2.00 bits per heavy atom. The van der Waals surface area contributed by atoms with Crippen LogP contribution in [0.15, 0.2) is 12.3 Å². The van der Waals surface area contributed by atoms with Crippen LogP contribution in [0.3, 0.4) is 0 Å². The molecule has 0 aromatic carbocycles. The Balaban J connectivity index is 2.78. The van der Waals surface area contributed by atoms with Crippen molar-refractivity contribution in [3.8, 4) is 11.5 Å². The third kappa shape index (κ3) is 3.12. The third-order valence-electron chi connectivity index (χ3n) is 1.75. The van der Waals surface area contributed by atoms with Crippen molar-refractivity contribution in [2.45, 2.75) is 13.5 Å². The number of hydrogen-bond acceptors (Lipinski definition) is 5. The molecule has 0 radical (unpaired) electrons. The molecule has 0 aliphatic carbocycles. The first kappa shape index (κ1) is 11.3. The summed E-state index contributed by atoms with van der Waals surface area (Å²) in [6.07, 6.45) is 1.53. The number of carbonyl (C=O) groups is 1. The van der Waals surface area contributed by atoms with Gasteiger partial charge < -0.3 is 14.2 Å². The fraction of sp³-hybridized carbons (Fsp3) is 0.400. The molecule has 0 amide bonds. The second kappa shape index (κ2) is 5.19. The van der Waals surface area contributed by atoms with E-state index in [1.54, 1.807) is 6.07 Å². The van der Waals surface area contributed by atoms with E-state index in [-0.39, 0.29) is 12.6 Å². The van der Waals surface area contributed by atoms with Crippen LogP contribution in [0.2, 0.25) is 0 Å². The molecular weight excluding hydrogens is 198 g/mol. The molecule has 0 unspecified atom stereocenters. The number of esters is 1. The van der Waals surface area contributed by atoms with Crippen LogP contribution >= 0.6 is 0 Å². The first-order valence-electron chi connectivity index (χ1n) is 4.37. The van der Waals surface area contributed by atoms with E-state index in [9.17, 15) is 4.79 Å². The molecule has 0 spiro atoms. The van der Waals surface area contributed by atoms with E-state index in [0.717, 1.165) is 0 Å². The minimum atomic E-state index is -0.341. The van der Waals surface area contributed by atoms with Crippen molar-refractivity contribution in [2.24, 2.45) is 0 Å². The highest BCUT2D eigenvalue weighted by atomic mass is 16.5. The van der Waals surface area contributed by atoms with Crippen LogP contribution in [0, 0.1) is 0 Å². The third-order valence-corrected chi connectivity index (χ3v) is 1.75. The summed E-state index contributed by atoms with van der Waals surface area (Å²) in [5.74, 6) is 0.769. The van der Waals surface area contributed by atoms with Gasteiger partial charge in [0.25, 0.3) is 0 Å². The van der Waals surface area contributed by atoms with Crippen LogP contribution < -0.4 is 9.47 Å². The van der Waals surface area contributed by atoms with Crippen molar-refractivity contribution in [2.75, 3.05) is 14.2 Å². The molecular formula is C10H13NO4. The maximum absolute atomic E-state index is 10.6. The second-order valence-corrected chi connectivity index (χ2v) is 2.81. The van der Waals surface area contributed by atoms with Gasteiger partial charge in [-0.25, -0.2) is 0 Å². The largest absolute Gasteiger partial charge is 0.493 e. The molecule has 0 bridgehead atoms. The van der Waals surface area contributed by atoms with E-state index < -0.39 is 0 Å². The van der Waals surface area contributed by atoms with Gasteiger partial charge in [-0.3, -0.25) is 9.78 Å². The molecule has 1 aromatic heterocycles. The van der Waals surface area contributed by atoms with E-state index in [4.69, 9.17) is 14.2 Å². The van der Waals surface area contributed by atoms with Gasteiger partial charge in [-0.05, 0) is 0 Å². The van der Waals surface area contributed by atoms with Crippen molar-refractivity contribution in [1.82, 2.24) is 4.98 Å². The quantitative estimate of drug-likeness (QED) is 0.699. The SMILES string of the molecule is COc1cnc(COC(C)=O)cc1OC. The lowest BCUT2D eigenvalue weighted by Gasteiger charge is -2.08. The number of nitrogens with zero attached hydrogens (tertiary/aromatic N) is 1. The molecule has 0 aliphatic heterocycles. The number of pyridine rings is 1. The number of aromatic nitrogens is 1. The minimum absolute atomic E-state index is 0.135. The molecule has 1 heterocycles. The molecule has 0 saturated carbocycles. The predicted molar refractivity (Wildman–Crippen MR) is 52.8 cm³/mol. The average Bonchev–Trinajstić information content (AvgIpc) is 2.25. The summed E-state index contributed by atoms with van der Waals surface area (Å²) in [5.41, 5.74) is 0.614. The molecule has 0 aliphatic rings. The van der Waals surface area contributed by atoms with Crippen molar-refractivity contribution in [3.05, 3.63) is 18.0 Å². The maximum Gasteiger partial charge on any atom is 0.303 e. The van der Waals surface area contributed by atoms with E-state index in [2.05, 4.69) is 4.98 Å². The van der Waals surface area contributed by atoms with E-state index in [1.807, 2.05) is 0 Å². The van der Waals surface area contributed by atoms with Gasteiger partial charge in [0.05, 0.1) is 26.1 Å². The molecule has 5 heteroatoms. The number of rotatable bonds is 4. The van der Waals surface area contributed by atoms with Crippen LogP contribution in [-0.4, -0.2) is 25.2 Å². The van der Waals surface area contributed by atoms with E-state index in [0.29, 0.717) is 17.2 Å². The Morgan fingerprint density at radius 3 is 2.53 bits per heavy atom. The van der Waals surface area contributed by atoms with Crippen molar-refractivity contribution in [3.63, 3.8) is 0 Å². The zero-order valence-electron chi connectivity index (χ0n) is 8.94. The summed E-state index contributed by atoms with van der Waals surface area (Å²) in [6.45, 7) is 1.48. The van der Waals surface area contributed by atoms with Gasteiger partial charge in [0.1, 0.15) is 6.61 Å². The van der Waals surface area contributed by atoms with Crippen LogP contribution in [0.1, 0.15) is 12.6 Å². The molecule has 15 heavy (non-hydrogen) atoms. The van der Waals surface area contributed by atoms with E-state index >= 15 is 0 Å². The molecule has 5 nitrogen and oxygen atoms in total. The Hall–Kier alpha value is -1.78. The molecule has 0 N–H and O–H groups in total. The van der Waals surface area contributed by atoms with Crippen LogP contribution in [0.4, 0.5) is 0 Å². The Labute approximate surface area is 88.0 Å². The first-order chi connectivity index (χ1) is 7.17. The lowest BCUT2D eigenvalue weighted by Crippen LogP contribution is -2.01. The summed E-state index contributed by atoms with van der Waals surface area (Å²) >= 11 is 0. The Kier molecular flexibility index (Phi) is 3.91. The lowest BCUT2D eigenvalue weighted by molar-refractivity contribution is -0.142. The van der Waals surface area contributed by atoms with Crippen LogP contribution in [0.5, 0.6) is 11.5 Å². The molecule has 0 saturated heterocycles. The number of ether oxygens (including phenoxy) is 3. The van der Waals surface area contributed by atoms with Gasteiger partial charge >= 0.3 is 5.97 Å². The van der Waals surface area contributed by atoms with Crippen molar-refractivity contribution in [1.29, 1.82) is 0 Å². The van der Waals surface area contributed by atoms with Crippen LogP contribution in [-0.2, 0) is 16.1 Å². The fourth-order valence-corrected chi connectivity index (χ4v) is 1.03. The number of hydrogen-bond donors (Lipinski definition) is 0. The second-order valence-electron chi connectivity index (χ2n) is 2.81. The van der Waals surface area contributed by atoms with Crippen molar-refractivity contribution < 1.29 is 19.0 Å². The minimum Gasteiger partial charge on any atom is -0.493 e. The molecule has 1 rings (SSSR count). The highest BCUT2D eigenvalue weighted by Crippen LogP contribution is 2.25. The van der Waals surface area contributed by atoms with Crippen molar-refractivity contribution >= 4 is 5.97 Å². The van der Waals surface area contributed by atoms with Gasteiger partial charge in [-0.2, -0.15) is 0 Å². The topological polar surface area (TPSA) is 57.7 Å². The van der Waals surface area contributed by atoms with E-state index in [1.165, 1.54) is 27.3 Å². The Bertz CT molecular complexity index is 351. The van der Waals surface area contributed by atoms with Gasteiger partial charge in [-0.15, -0.1) is 0 Å². The first-order valence-corrected chi connectivity index (χ1v) is 4.37. The summed E-state index contributed by atoms with van der Waals surface area (Å²) in [4.78, 5) is 14.6. The zero-order chi connectivity index (χ0) is 11.3. The molecule has 0 atom stereocenters. The highest BCUT2D eigenvalue weighted by Gasteiger charge is 2.06. The lowest BCUT2D eigenvalue weighted by atomic mass is 10.3. The van der Waals surface area contributed by atoms with Gasteiger partial charge in [0.15, 0.2) is 11.5 Å². The average molecular weight is 211 g/mol. The highest BCUT2D eigenvalue weighted by molar-refractivity contribution is 5.65. The molecule has 1 aromatic rings. The predicted octanol–water partition coefficient (Wildman–Crippen LogP) is 1.16. The fourth-order valence-electron chi connectivity index (χ4n) is 1.03. The summed E-state index contributed by atoms with van der Waals surface area (Å²) in [6, 6.07) is 1.67. The monoisotopic (exact) mass is 211 g/mol. The zero-order valence-corrected chi connectivity index (χ0v) is 8.94. The number of methoxy groups -OCH3 is 2. The summed E-state index contributed by atoms with van der Waals surface area (Å²) in [7, 11) is 3.07. The Morgan fingerprint density at radius 1 is 1.33 bits per heavy atom. The smallest absolute Gasteiger partial charge is 0.303 e. The van der Waals surface area contributed by atoms with Crippen LogP contribution in [0.25, 0.3) is 0 Å². The summed E-state index contributed by atoms with van der Waals surface area (Å²) < 4.78 is 14.9. The molecule has 0 fully saturated rings. The molecule has 82 valence electrons. The van der Waals surface area contributed by atoms with Gasteiger partial charge in [0.2, 0.25) is 0 Å². The normalized spacial score (nSPS) is 9.53. The number of carbonyl (C=O) groups excluding carboxylic acids is 1. The summed E-state index contributed by atoms with van der Waals surface area (Å²) in [5, 5.41) is 0.